The van der Waals surface area contributed by atoms with Gasteiger partial charge in [-0.25, -0.2) is 0 Å². The predicted molar refractivity (Wildman–Crippen MR) is 69.7 cm³/mol. The lowest BCUT2D eigenvalue weighted by Crippen LogP contribution is -2.34. The third kappa shape index (κ3) is 5.29. The Bertz CT molecular complexity index is 425. The van der Waals surface area contributed by atoms with Crippen LogP contribution >= 0.6 is 0 Å². The lowest BCUT2D eigenvalue weighted by atomic mass is 10.2. The molecule has 0 bridgehead atoms. The molecule has 0 aliphatic carbocycles. The monoisotopic (exact) mass is 267 g/mol. The fourth-order valence-electron chi connectivity index (χ4n) is 1.57. The molecule has 0 unspecified atom stereocenters. The van der Waals surface area contributed by atoms with E-state index < -0.39 is 11.9 Å². The Labute approximate surface area is 111 Å². The van der Waals surface area contributed by atoms with Crippen LogP contribution < -0.4 is 9.64 Å². The van der Waals surface area contributed by atoms with Crippen molar-refractivity contribution in [2.45, 2.75) is 20.0 Å². The van der Waals surface area contributed by atoms with Crippen molar-refractivity contribution in [2.75, 3.05) is 18.0 Å². The van der Waals surface area contributed by atoms with Gasteiger partial charge in [-0.3, -0.25) is 9.59 Å². The minimum atomic E-state index is -1.08. The van der Waals surface area contributed by atoms with Crippen molar-refractivity contribution in [3.8, 4) is 5.75 Å². The molecule has 0 saturated carbocycles. The Balaban J connectivity index is 2.83. The number of benzene rings is 1. The molecule has 0 aliphatic heterocycles. The fourth-order valence-corrected chi connectivity index (χ4v) is 1.57. The van der Waals surface area contributed by atoms with Gasteiger partial charge >= 0.3 is 11.9 Å². The first-order chi connectivity index (χ1) is 8.88. The van der Waals surface area contributed by atoms with Gasteiger partial charge in [0.25, 0.3) is 0 Å². The molecule has 0 spiro atoms. The maximum atomic E-state index is 10.7. The van der Waals surface area contributed by atoms with Crippen LogP contribution in [0, 0.1) is 0 Å². The summed E-state index contributed by atoms with van der Waals surface area (Å²) in [5.74, 6) is -1.50. The van der Waals surface area contributed by atoms with Gasteiger partial charge in [0.05, 0.1) is 6.10 Å². The average molecular weight is 267 g/mol. The third-order valence-corrected chi connectivity index (χ3v) is 2.23. The van der Waals surface area contributed by atoms with Gasteiger partial charge < -0.3 is 19.8 Å². The van der Waals surface area contributed by atoms with Crippen molar-refractivity contribution in [2.24, 2.45) is 0 Å². The number of carboxylic acid groups (broad SMARTS) is 2. The molecular weight excluding hydrogens is 250 g/mol. The van der Waals surface area contributed by atoms with Crippen molar-refractivity contribution in [1.29, 1.82) is 0 Å². The van der Waals surface area contributed by atoms with Gasteiger partial charge in [-0.05, 0) is 38.1 Å². The number of rotatable bonds is 7. The first-order valence-corrected chi connectivity index (χ1v) is 5.83. The highest BCUT2D eigenvalue weighted by Gasteiger charge is 2.14. The van der Waals surface area contributed by atoms with Crippen molar-refractivity contribution in [3.05, 3.63) is 24.3 Å². The molecule has 19 heavy (non-hydrogen) atoms. The molecule has 0 aliphatic rings. The number of aliphatic carboxylic acids is 2. The molecule has 1 aromatic rings. The quantitative estimate of drug-likeness (QED) is 0.777. The van der Waals surface area contributed by atoms with Crippen LogP contribution in [0.4, 0.5) is 5.69 Å². The highest BCUT2D eigenvalue weighted by Crippen LogP contribution is 2.20. The maximum Gasteiger partial charge on any atom is 0.323 e. The van der Waals surface area contributed by atoms with Crippen LogP contribution in [-0.4, -0.2) is 41.3 Å². The minimum absolute atomic E-state index is 0.0417. The molecule has 0 amide bonds. The van der Waals surface area contributed by atoms with Crippen LogP contribution in [0.1, 0.15) is 13.8 Å². The smallest absolute Gasteiger partial charge is 0.323 e. The van der Waals surface area contributed by atoms with Crippen LogP contribution in [0.5, 0.6) is 5.75 Å². The van der Waals surface area contributed by atoms with Gasteiger partial charge in [0.15, 0.2) is 0 Å². The molecule has 0 saturated heterocycles. The zero-order valence-corrected chi connectivity index (χ0v) is 10.9. The summed E-state index contributed by atoms with van der Waals surface area (Å²) in [4.78, 5) is 22.7. The number of hydrogen-bond donors (Lipinski definition) is 2. The summed E-state index contributed by atoms with van der Waals surface area (Å²) in [6, 6.07) is 6.66. The number of ether oxygens (including phenoxy) is 1. The van der Waals surface area contributed by atoms with Gasteiger partial charge in [-0.15, -0.1) is 0 Å². The van der Waals surface area contributed by atoms with Crippen LogP contribution in [0.2, 0.25) is 0 Å². The topological polar surface area (TPSA) is 87.1 Å². The van der Waals surface area contributed by atoms with Crippen molar-refractivity contribution in [1.82, 2.24) is 0 Å². The van der Waals surface area contributed by atoms with Gasteiger partial charge in [0, 0.05) is 5.69 Å². The average Bonchev–Trinajstić information content (AvgIpc) is 2.27. The molecule has 0 heterocycles. The van der Waals surface area contributed by atoms with Gasteiger partial charge in [0.2, 0.25) is 0 Å². The van der Waals surface area contributed by atoms with Crippen molar-refractivity contribution < 1.29 is 24.5 Å². The highest BCUT2D eigenvalue weighted by molar-refractivity contribution is 5.79. The molecule has 0 fully saturated rings. The molecule has 1 rings (SSSR count). The lowest BCUT2D eigenvalue weighted by Gasteiger charge is -2.21. The second-order valence-electron chi connectivity index (χ2n) is 4.30. The summed E-state index contributed by atoms with van der Waals surface area (Å²) < 4.78 is 5.46. The molecule has 6 heteroatoms. The summed E-state index contributed by atoms with van der Waals surface area (Å²) >= 11 is 0. The number of carboxylic acids is 2. The summed E-state index contributed by atoms with van der Waals surface area (Å²) in [5.41, 5.74) is 0.529. The van der Waals surface area contributed by atoms with Crippen molar-refractivity contribution >= 4 is 17.6 Å². The van der Waals surface area contributed by atoms with Crippen LogP contribution in [0.3, 0.4) is 0 Å². The SMILES string of the molecule is CC(C)Oc1ccc(N(CC(=O)O)CC(=O)O)cc1. The van der Waals surface area contributed by atoms with E-state index >= 15 is 0 Å². The fraction of sp³-hybridized carbons (Fsp3) is 0.385. The summed E-state index contributed by atoms with van der Waals surface area (Å²) in [5, 5.41) is 17.5. The summed E-state index contributed by atoms with van der Waals surface area (Å²) in [7, 11) is 0. The Morgan fingerprint density at radius 3 is 1.95 bits per heavy atom. The maximum absolute atomic E-state index is 10.7. The number of nitrogens with zero attached hydrogens (tertiary/aromatic N) is 1. The van der Waals surface area contributed by atoms with Crippen LogP contribution in [0.25, 0.3) is 0 Å². The minimum Gasteiger partial charge on any atom is -0.491 e. The standard InChI is InChI=1S/C13H17NO5/c1-9(2)19-11-5-3-10(4-6-11)14(7-12(15)16)8-13(17)18/h3-6,9H,7-8H2,1-2H3,(H,15,16)(H,17,18). The lowest BCUT2D eigenvalue weighted by molar-refractivity contribution is -0.136. The van der Waals surface area contributed by atoms with Crippen LogP contribution in [0.15, 0.2) is 24.3 Å². The Kier molecular flexibility index (Phi) is 5.17. The third-order valence-electron chi connectivity index (χ3n) is 2.23. The van der Waals surface area contributed by atoms with Gasteiger partial charge in [0.1, 0.15) is 18.8 Å². The zero-order valence-electron chi connectivity index (χ0n) is 10.9. The summed E-state index contributed by atoms with van der Waals surface area (Å²) in [6.45, 7) is 3.07. The Hall–Kier alpha value is -2.24. The normalized spacial score (nSPS) is 10.3. The van der Waals surface area contributed by atoms with Crippen molar-refractivity contribution in [3.63, 3.8) is 0 Å². The Morgan fingerprint density at radius 2 is 1.58 bits per heavy atom. The van der Waals surface area contributed by atoms with E-state index in [2.05, 4.69) is 0 Å². The largest absolute Gasteiger partial charge is 0.491 e. The van der Waals surface area contributed by atoms with E-state index in [1.165, 1.54) is 4.90 Å². The molecular formula is C13H17NO5. The van der Waals surface area contributed by atoms with E-state index in [0.29, 0.717) is 11.4 Å². The molecule has 104 valence electrons. The Morgan fingerprint density at radius 1 is 1.11 bits per heavy atom. The first kappa shape index (κ1) is 14.8. The number of anilines is 1. The van der Waals surface area contributed by atoms with Crippen LogP contribution in [-0.2, 0) is 9.59 Å². The first-order valence-electron chi connectivity index (χ1n) is 5.83. The van der Waals surface area contributed by atoms with E-state index in [0.717, 1.165) is 0 Å². The molecule has 6 nitrogen and oxygen atoms in total. The van der Waals surface area contributed by atoms with E-state index in [4.69, 9.17) is 14.9 Å². The highest BCUT2D eigenvalue weighted by atomic mass is 16.5. The zero-order chi connectivity index (χ0) is 14.4. The predicted octanol–water partition coefficient (Wildman–Crippen LogP) is 1.45. The molecule has 1 aromatic carbocycles. The second kappa shape index (κ2) is 6.63. The van der Waals surface area contributed by atoms with E-state index in [1.54, 1.807) is 24.3 Å². The van der Waals surface area contributed by atoms with Gasteiger partial charge in [-0.2, -0.15) is 0 Å². The van der Waals surface area contributed by atoms with E-state index in [-0.39, 0.29) is 19.2 Å². The van der Waals surface area contributed by atoms with Gasteiger partial charge in [-0.1, -0.05) is 0 Å². The summed E-state index contributed by atoms with van der Waals surface area (Å²) in [6.07, 6.45) is 0.0417. The molecule has 0 aromatic heterocycles. The number of carbonyl (C=O) groups is 2. The molecule has 2 N–H and O–H groups in total. The molecule has 0 radical (unpaired) electrons. The molecule has 0 atom stereocenters. The second-order valence-corrected chi connectivity index (χ2v) is 4.30. The van der Waals surface area contributed by atoms with E-state index in [1.807, 2.05) is 13.8 Å². The number of hydrogen-bond acceptors (Lipinski definition) is 4. The van der Waals surface area contributed by atoms with E-state index in [9.17, 15) is 9.59 Å².